The molecule has 1 aliphatic carbocycles. The maximum absolute atomic E-state index is 12.0. The Balaban J connectivity index is 1.92. The molecule has 0 spiro atoms. The monoisotopic (exact) mass is 295 g/mol. The minimum Gasteiger partial charge on any atom is -0.398 e. The highest BCUT2D eigenvalue weighted by molar-refractivity contribution is 9.10. The summed E-state index contributed by atoms with van der Waals surface area (Å²) in [7, 11) is 0. The van der Waals surface area contributed by atoms with E-state index in [1.54, 1.807) is 6.07 Å². The number of halogens is 1. The molecular formula is C14H18BrNO. The molecule has 1 saturated carbocycles. The summed E-state index contributed by atoms with van der Waals surface area (Å²) in [6.45, 7) is 0. The van der Waals surface area contributed by atoms with Gasteiger partial charge in [-0.25, -0.2) is 0 Å². The third kappa shape index (κ3) is 3.32. The maximum atomic E-state index is 12.0. The second-order valence-corrected chi connectivity index (χ2v) is 5.70. The van der Waals surface area contributed by atoms with Crippen LogP contribution in [0.5, 0.6) is 0 Å². The van der Waals surface area contributed by atoms with Gasteiger partial charge in [0.25, 0.3) is 0 Å². The summed E-state index contributed by atoms with van der Waals surface area (Å²) < 4.78 is 0.809. The normalized spacial score (nSPS) is 16.3. The van der Waals surface area contributed by atoms with Crippen LogP contribution in [0.2, 0.25) is 0 Å². The van der Waals surface area contributed by atoms with Crippen LogP contribution in [0.15, 0.2) is 22.7 Å². The smallest absolute Gasteiger partial charge is 0.162 e. The maximum Gasteiger partial charge on any atom is 0.162 e. The van der Waals surface area contributed by atoms with Gasteiger partial charge in [0.05, 0.1) is 0 Å². The van der Waals surface area contributed by atoms with E-state index in [4.69, 9.17) is 5.73 Å². The van der Waals surface area contributed by atoms with Crippen LogP contribution < -0.4 is 5.73 Å². The molecule has 0 aromatic heterocycles. The zero-order valence-corrected chi connectivity index (χ0v) is 11.5. The molecule has 0 atom stereocenters. The van der Waals surface area contributed by atoms with Gasteiger partial charge in [-0.1, -0.05) is 25.7 Å². The largest absolute Gasteiger partial charge is 0.398 e. The van der Waals surface area contributed by atoms with E-state index in [1.165, 1.54) is 25.7 Å². The molecule has 1 fully saturated rings. The fourth-order valence-corrected chi connectivity index (χ4v) is 2.86. The topological polar surface area (TPSA) is 43.1 Å². The van der Waals surface area contributed by atoms with Crippen molar-refractivity contribution in [2.75, 3.05) is 5.73 Å². The summed E-state index contributed by atoms with van der Waals surface area (Å²) in [4.78, 5) is 12.0. The number of nitrogen functional groups attached to an aromatic ring is 1. The summed E-state index contributed by atoms with van der Waals surface area (Å²) in [6, 6.07) is 5.43. The number of carbonyl (C=O) groups is 1. The van der Waals surface area contributed by atoms with Gasteiger partial charge in [-0.05, 0) is 46.5 Å². The number of rotatable bonds is 4. The summed E-state index contributed by atoms with van der Waals surface area (Å²) in [5, 5.41) is 0. The van der Waals surface area contributed by atoms with Crippen LogP contribution in [-0.4, -0.2) is 5.78 Å². The summed E-state index contributed by atoms with van der Waals surface area (Å²) in [5.74, 6) is 1.01. The molecular weight excluding hydrogens is 278 g/mol. The zero-order valence-electron chi connectivity index (χ0n) is 9.92. The van der Waals surface area contributed by atoms with Crippen LogP contribution >= 0.6 is 15.9 Å². The molecule has 0 saturated heterocycles. The Labute approximate surface area is 111 Å². The van der Waals surface area contributed by atoms with Crippen molar-refractivity contribution in [1.29, 1.82) is 0 Å². The third-order valence-corrected chi connectivity index (χ3v) is 4.26. The molecule has 0 bridgehead atoms. The van der Waals surface area contributed by atoms with Crippen molar-refractivity contribution in [3.63, 3.8) is 0 Å². The number of Topliss-reactive ketones (excluding diaryl/α,β-unsaturated/α-hetero) is 1. The van der Waals surface area contributed by atoms with E-state index in [9.17, 15) is 4.79 Å². The van der Waals surface area contributed by atoms with Crippen LogP contribution in [-0.2, 0) is 0 Å². The van der Waals surface area contributed by atoms with Gasteiger partial charge in [-0.2, -0.15) is 0 Å². The molecule has 0 unspecified atom stereocenters. The lowest BCUT2D eigenvalue weighted by Crippen LogP contribution is -2.03. The minimum absolute atomic E-state index is 0.234. The van der Waals surface area contributed by atoms with Gasteiger partial charge in [0.2, 0.25) is 0 Å². The number of hydrogen-bond acceptors (Lipinski definition) is 2. The van der Waals surface area contributed by atoms with E-state index < -0.39 is 0 Å². The molecule has 0 amide bonds. The zero-order chi connectivity index (χ0) is 12.3. The van der Waals surface area contributed by atoms with Crippen molar-refractivity contribution in [3.8, 4) is 0 Å². The number of nitrogens with two attached hydrogens (primary N) is 1. The highest BCUT2D eigenvalue weighted by atomic mass is 79.9. The first kappa shape index (κ1) is 12.6. The molecule has 17 heavy (non-hydrogen) atoms. The molecule has 92 valence electrons. The molecule has 1 aromatic rings. The molecule has 1 aliphatic rings. The average Bonchev–Trinajstić information content (AvgIpc) is 2.82. The second-order valence-electron chi connectivity index (χ2n) is 4.85. The Morgan fingerprint density at radius 3 is 2.71 bits per heavy atom. The lowest BCUT2D eigenvalue weighted by atomic mass is 9.97. The molecule has 3 heteroatoms. The Bertz CT molecular complexity index is 411. The Morgan fingerprint density at radius 2 is 2.06 bits per heavy atom. The van der Waals surface area contributed by atoms with E-state index in [0.29, 0.717) is 12.1 Å². The standard InChI is InChI=1S/C14H18BrNO/c15-12-9-11(6-7-13(12)16)14(17)8-5-10-3-1-2-4-10/h6-7,9-10H,1-5,8,16H2. The molecule has 1 aromatic carbocycles. The first-order valence-corrected chi connectivity index (χ1v) is 7.04. The first-order valence-electron chi connectivity index (χ1n) is 6.25. The van der Waals surface area contributed by atoms with E-state index >= 15 is 0 Å². The number of anilines is 1. The highest BCUT2D eigenvalue weighted by Crippen LogP contribution is 2.29. The van der Waals surface area contributed by atoms with Crippen molar-refractivity contribution in [3.05, 3.63) is 28.2 Å². The number of benzene rings is 1. The predicted molar refractivity (Wildman–Crippen MR) is 74.1 cm³/mol. The first-order chi connectivity index (χ1) is 8.16. The number of hydrogen-bond donors (Lipinski definition) is 1. The molecule has 0 radical (unpaired) electrons. The Kier molecular flexibility index (Phi) is 4.21. The van der Waals surface area contributed by atoms with Crippen LogP contribution in [0, 0.1) is 5.92 Å². The van der Waals surface area contributed by atoms with Crippen molar-refractivity contribution in [1.82, 2.24) is 0 Å². The van der Waals surface area contributed by atoms with Crippen LogP contribution in [0.3, 0.4) is 0 Å². The van der Waals surface area contributed by atoms with Gasteiger partial charge in [-0.15, -0.1) is 0 Å². The van der Waals surface area contributed by atoms with Gasteiger partial charge in [-0.3, -0.25) is 4.79 Å². The summed E-state index contributed by atoms with van der Waals surface area (Å²) in [5.41, 5.74) is 7.15. The van der Waals surface area contributed by atoms with Crippen molar-refractivity contribution in [2.24, 2.45) is 5.92 Å². The molecule has 0 heterocycles. The van der Waals surface area contributed by atoms with Crippen molar-refractivity contribution >= 4 is 27.4 Å². The highest BCUT2D eigenvalue weighted by Gasteiger charge is 2.16. The van der Waals surface area contributed by atoms with Crippen molar-refractivity contribution < 1.29 is 4.79 Å². The van der Waals surface area contributed by atoms with Crippen molar-refractivity contribution in [2.45, 2.75) is 38.5 Å². The molecule has 0 aliphatic heterocycles. The fraction of sp³-hybridized carbons (Fsp3) is 0.500. The number of carbonyl (C=O) groups excluding carboxylic acids is 1. The average molecular weight is 296 g/mol. The van der Waals surface area contributed by atoms with E-state index in [0.717, 1.165) is 22.4 Å². The van der Waals surface area contributed by atoms with Gasteiger partial charge in [0.1, 0.15) is 0 Å². The SMILES string of the molecule is Nc1ccc(C(=O)CCC2CCCC2)cc1Br. The third-order valence-electron chi connectivity index (χ3n) is 3.58. The van der Waals surface area contributed by atoms with Gasteiger partial charge in [0.15, 0.2) is 5.78 Å². The van der Waals surface area contributed by atoms with E-state index in [2.05, 4.69) is 15.9 Å². The van der Waals surface area contributed by atoms with Gasteiger partial charge < -0.3 is 5.73 Å². The lowest BCUT2D eigenvalue weighted by Gasteiger charge is -2.08. The summed E-state index contributed by atoms with van der Waals surface area (Å²) in [6.07, 6.45) is 7.00. The van der Waals surface area contributed by atoms with E-state index in [1.807, 2.05) is 12.1 Å². The van der Waals surface area contributed by atoms with Gasteiger partial charge in [0, 0.05) is 22.1 Å². The Morgan fingerprint density at radius 1 is 1.35 bits per heavy atom. The second kappa shape index (κ2) is 5.67. The minimum atomic E-state index is 0.234. The number of ketones is 1. The fourth-order valence-electron chi connectivity index (χ4n) is 2.48. The lowest BCUT2D eigenvalue weighted by molar-refractivity contribution is 0.0974. The molecule has 2 nitrogen and oxygen atoms in total. The Hall–Kier alpha value is -0.830. The predicted octanol–water partition coefficient (Wildman–Crippen LogP) is 4.18. The quantitative estimate of drug-likeness (QED) is 0.669. The summed E-state index contributed by atoms with van der Waals surface area (Å²) >= 11 is 3.35. The molecule has 2 rings (SSSR count). The van der Waals surface area contributed by atoms with Crippen LogP contribution in [0.1, 0.15) is 48.9 Å². The van der Waals surface area contributed by atoms with Gasteiger partial charge >= 0.3 is 0 Å². The van der Waals surface area contributed by atoms with Crippen LogP contribution in [0.25, 0.3) is 0 Å². The van der Waals surface area contributed by atoms with Crippen LogP contribution in [0.4, 0.5) is 5.69 Å². The molecule has 2 N–H and O–H groups in total. The van der Waals surface area contributed by atoms with E-state index in [-0.39, 0.29) is 5.78 Å².